The van der Waals surface area contributed by atoms with Crippen LogP contribution in [0.15, 0.2) is 0 Å². The summed E-state index contributed by atoms with van der Waals surface area (Å²) >= 11 is 0. The molecule has 0 heterocycles. The fourth-order valence-corrected chi connectivity index (χ4v) is 2.38. The number of aliphatic carboxylic acids is 1. The van der Waals surface area contributed by atoms with E-state index in [1.165, 1.54) is 0 Å². The Labute approximate surface area is 96.6 Å². The highest BCUT2D eigenvalue weighted by Crippen LogP contribution is 2.31. The van der Waals surface area contributed by atoms with Crippen LogP contribution in [0.2, 0.25) is 0 Å². The van der Waals surface area contributed by atoms with Gasteiger partial charge < -0.3 is 10.0 Å². The maximum atomic E-state index is 11.1. The van der Waals surface area contributed by atoms with E-state index in [2.05, 4.69) is 0 Å². The van der Waals surface area contributed by atoms with E-state index < -0.39 is 5.97 Å². The number of carbonyl (C=O) groups excluding carboxylic acids is 1. The Morgan fingerprint density at radius 3 is 2.12 bits per heavy atom. The first-order valence-electron chi connectivity index (χ1n) is 5.92. The Morgan fingerprint density at radius 1 is 1.19 bits per heavy atom. The lowest BCUT2D eigenvalue weighted by Gasteiger charge is -2.30. The van der Waals surface area contributed by atoms with Crippen molar-refractivity contribution < 1.29 is 14.7 Å². The monoisotopic (exact) mass is 227 g/mol. The summed E-state index contributed by atoms with van der Waals surface area (Å²) < 4.78 is 0. The van der Waals surface area contributed by atoms with Gasteiger partial charge in [-0.15, -0.1) is 0 Å². The van der Waals surface area contributed by atoms with Crippen LogP contribution in [0, 0.1) is 11.8 Å². The summed E-state index contributed by atoms with van der Waals surface area (Å²) in [4.78, 5) is 23.4. The Morgan fingerprint density at radius 2 is 1.69 bits per heavy atom. The lowest BCUT2D eigenvalue weighted by Crippen LogP contribution is -2.32. The molecule has 1 rings (SSSR count). The smallest absolute Gasteiger partial charge is 0.303 e. The molecule has 0 atom stereocenters. The van der Waals surface area contributed by atoms with E-state index in [-0.39, 0.29) is 5.91 Å². The number of nitrogens with zero attached hydrogens (tertiary/aromatic N) is 1. The van der Waals surface area contributed by atoms with Gasteiger partial charge in [0.25, 0.3) is 0 Å². The lowest BCUT2D eigenvalue weighted by molar-refractivity contribution is -0.138. The summed E-state index contributed by atoms with van der Waals surface area (Å²) in [6.07, 6.45) is 4.38. The zero-order valence-electron chi connectivity index (χ0n) is 10.1. The zero-order chi connectivity index (χ0) is 12.1. The summed E-state index contributed by atoms with van der Waals surface area (Å²) in [6.45, 7) is 2.39. The Kier molecular flexibility index (Phi) is 4.77. The fourth-order valence-electron chi connectivity index (χ4n) is 2.38. The third-order valence-electron chi connectivity index (χ3n) is 3.50. The molecular weight excluding hydrogens is 206 g/mol. The van der Waals surface area contributed by atoms with Crippen LogP contribution >= 0.6 is 0 Å². The van der Waals surface area contributed by atoms with Gasteiger partial charge in [0.2, 0.25) is 5.91 Å². The van der Waals surface area contributed by atoms with Crippen molar-refractivity contribution >= 4 is 11.9 Å². The van der Waals surface area contributed by atoms with Crippen molar-refractivity contribution in [3.63, 3.8) is 0 Å². The molecule has 0 saturated heterocycles. The Bertz CT molecular complexity index is 257. The van der Waals surface area contributed by atoms with Crippen molar-refractivity contribution in [1.82, 2.24) is 4.90 Å². The van der Waals surface area contributed by atoms with Gasteiger partial charge in [0.1, 0.15) is 0 Å². The first kappa shape index (κ1) is 13.0. The van der Waals surface area contributed by atoms with Gasteiger partial charge in [0.15, 0.2) is 0 Å². The summed E-state index contributed by atoms with van der Waals surface area (Å²) in [6, 6.07) is 0. The number of hydrogen-bond donors (Lipinski definition) is 1. The number of rotatable bonds is 4. The van der Waals surface area contributed by atoms with E-state index >= 15 is 0 Å². The van der Waals surface area contributed by atoms with Crippen LogP contribution in [-0.2, 0) is 9.59 Å². The summed E-state index contributed by atoms with van der Waals surface area (Å²) in [7, 11) is 1.83. The molecule has 92 valence electrons. The SMILES string of the molecule is CC(=O)N(C)CC1CCC(CC(=O)O)CC1. The number of carboxylic acid groups (broad SMARTS) is 1. The third-order valence-corrected chi connectivity index (χ3v) is 3.50. The second-order valence-electron chi connectivity index (χ2n) is 4.88. The van der Waals surface area contributed by atoms with Crippen molar-refractivity contribution in [1.29, 1.82) is 0 Å². The standard InChI is InChI=1S/C12H21NO3/c1-9(14)13(2)8-11-5-3-10(4-6-11)7-12(15)16/h10-11H,3-8H2,1-2H3,(H,15,16). The molecule has 16 heavy (non-hydrogen) atoms. The van der Waals surface area contributed by atoms with Gasteiger partial charge in [-0.1, -0.05) is 0 Å². The van der Waals surface area contributed by atoms with Crippen molar-refractivity contribution in [2.75, 3.05) is 13.6 Å². The molecular formula is C12H21NO3. The van der Waals surface area contributed by atoms with Gasteiger partial charge in [-0.3, -0.25) is 9.59 Å². The molecule has 0 spiro atoms. The van der Waals surface area contributed by atoms with Crippen LogP contribution in [0.1, 0.15) is 39.0 Å². The van der Waals surface area contributed by atoms with E-state index in [9.17, 15) is 9.59 Å². The number of carbonyl (C=O) groups is 2. The molecule has 0 aromatic heterocycles. The summed E-state index contributed by atoms with van der Waals surface area (Å²) in [5.41, 5.74) is 0. The molecule has 4 heteroatoms. The van der Waals surface area contributed by atoms with E-state index in [1.807, 2.05) is 7.05 Å². The highest BCUT2D eigenvalue weighted by atomic mass is 16.4. The molecule has 0 bridgehead atoms. The van der Waals surface area contributed by atoms with Crippen molar-refractivity contribution in [3.05, 3.63) is 0 Å². The summed E-state index contributed by atoms with van der Waals surface area (Å²) in [5, 5.41) is 8.70. The first-order chi connectivity index (χ1) is 7.49. The second kappa shape index (κ2) is 5.87. The summed E-state index contributed by atoms with van der Waals surface area (Å²) in [5.74, 6) is 0.312. The van der Waals surface area contributed by atoms with Gasteiger partial charge in [-0.05, 0) is 37.5 Å². The minimum atomic E-state index is -0.690. The maximum absolute atomic E-state index is 11.1. The predicted octanol–water partition coefficient (Wildman–Crippen LogP) is 1.75. The maximum Gasteiger partial charge on any atom is 0.303 e. The van der Waals surface area contributed by atoms with Gasteiger partial charge in [-0.2, -0.15) is 0 Å². The molecule has 1 fully saturated rings. The van der Waals surface area contributed by atoms with E-state index in [0.29, 0.717) is 18.3 Å². The Balaban J connectivity index is 2.26. The molecule has 1 N–H and O–H groups in total. The molecule has 1 saturated carbocycles. The molecule has 0 aromatic carbocycles. The third kappa shape index (κ3) is 4.21. The van der Waals surface area contributed by atoms with E-state index in [0.717, 1.165) is 32.2 Å². The quantitative estimate of drug-likeness (QED) is 0.796. The number of amides is 1. The van der Waals surface area contributed by atoms with Crippen LogP contribution in [0.3, 0.4) is 0 Å². The largest absolute Gasteiger partial charge is 0.481 e. The van der Waals surface area contributed by atoms with Gasteiger partial charge >= 0.3 is 5.97 Å². The van der Waals surface area contributed by atoms with Crippen LogP contribution in [0.25, 0.3) is 0 Å². The highest BCUT2D eigenvalue weighted by molar-refractivity contribution is 5.72. The first-order valence-corrected chi connectivity index (χ1v) is 5.92. The van der Waals surface area contributed by atoms with Crippen LogP contribution in [0.5, 0.6) is 0 Å². The number of carboxylic acids is 1. The van der Waals surface area contributed by atoms with Gasteiger partial charge in [-0.25, -0.2) is 0 Å². The molecule has 0 aliphatic heterocycles. The normalized spacial score (nSPS) is 25.1. The molecule has 0 unspecified atom stereocenters. The highest BCUT2D eigenvalue weighted by Gasteiger charge is 2.24. The van der Waals surface area contributed by atoms with Crippen LogP contribution < -0.4 is 0 Å². The van der Waals surface area contributed by atoms with Crippen LogP contribution in [-0.4, -0.2) is 35.5 Å². The minimum Gasteiger partial charge on any atom is -0.481 e. The second-order valence-corrected chi connectivity index (χ2v) is 4.88. The molecule has 0 aromatic rings. The predicted molar refractivity (Wildman–Crippen MR) is 61.0 cm³/mol. The van der Waals surface area contributed by atoms with Crippen LogP contribution in [0.4, 0.5) is 0 Å². The fraction of sp³-hybridized carbons (Fsp3) is 0.833. The van der Waals surface area contributed by atoms with Gasteiger partial charge in [0.05, 0.1) is 0 Å². The van der Waals surface area contributed by atoms with E-state index in [1.54, 1.807) is 11.8 Å². The molecule has 0 radical (unpaired) electrons. The van der Waals surface area contributed by atoms with Crippen molar-refractivity contribution in [3.8, 4) is 0 Å². The molecule has 1 aliphatic rings. The molecule has 4 nitrogen and oxygen atoms in total. The van der Waals surface area contributed by atoms with E-state index in [4.69, 9.17) is 5.11 Å². The lowest BCUT2D eigenvalue weighted by atomic mass is 9.80. The Hall–Kier alpha value is -1.06. The topological polar surface area (TPSA) is 57.6 Å². The average molecular weight is 227 g/mol. The molecule has 1 amide bonds. The molecule has 1 aliphatic carbocycles. The van der Waals surface area contributed by atoms with Gasteiger partial charge in [0, 0.05) is 26.9 Å². The van der Waals surface area contributed by atoms with Crippen molar-refractivity contribution in [2.24, 2.45) is 11.8 Å². The minimum absolute atomic E-state index is 0.104. The van der Waals surface area contributed by atoms with Crippen molar-refractivity contribution in [2.45, 2.75) is 39.0 Å². The average Bonchev–Trinajstić information content (AvgIpc) is 2.20. The zero-order valence-corrected chi connectivity index (χ0v) is 10.1. The number of hydrogen-bond acceptors (Lipinski definition) is 2.